The molecule has 0 radical (unpaired) electrons. The smallest absolute Gasteiger partial charge is 0.416 e. The van der Waals surface area contributed by atoms with E-state index in [9.17, 15) is 18.0 Å². The lowest BCUT2D eigenvalue weighted by atomic mass is 10.1. The van der Waals surface area contributed by atoms with Gasteiger partial charge in [0.15, 0.2) is 0 Å². The van der Waals surface area contributed by atoms with Gasteiger partial charge in [-0.2, -0.15) is 18.3 Å². The predicted molar refractivity (Wildman–Crippen MR) is 123 cm³/mol. The summed E-state index contributed by atoms with van der Waals surface area (Å²) in [6, 6.07) is 13.2. The number of thiophene rings is 1. The quantitative estimate of drug-likeness (QED) is 0.284. The van der Waals surface area contributed by atoms with Crippen molar-refractivity contribution in [1.29, 1.82) is 0 Å². The van der Waals surface area contributed by atoms with Crippen molar-refractivity contribution in [3.63, 3.8) is 0 Å². The van der Waals surface area contributed by atoms with Crippen molar-refractivity contribution in [3.05, 3.63) is 82.0 Å². The molecule has 0 N–H and O–H groups in total. The van der Waals surface area contributed by atoms with Crippen LogP contribution in [0.3, 0.4) is 0 Å². The zero-order valence-corrected chi connectivity index (χ0v) is 19.3. The van der Waals surface area contributed by atoms with E-state index in [0.717, 1.165) is 32.4 Å². The van der Waals surface area contributed by atoms with Crippen molar-refractivity contribution in [1.82, 2.24) is 9.78 Å². The van der Waals surface area contributed by atoms with E-state index < -0.39 is 17.7 Å². The van der Waals surface area contributed by atoms with Crippen LogP contribution in [0.1, 0.15) is 58.7 Å². The minimum atomic E-state index is -4.37. The maximum atomic E-state index is 13.1. The number of halogens is 3. The number of esters is 1. The Morgan fingerprint density at radius 1 is 1.15 bits per heavy atom. The molecule has 2 heterocycles. The standard InChI is InChI=1S/C25H23F3N2O2S/c1-4-32-24(31)20-14-29-30(22(20)15(2)3)21-10-6-8-17-13-19(33-23(17)21)12-16-7-5-9-18(11-16)25(26,27)28/h5-11,13-15H,4,12H2,1-3H3. The van der Waals surface area contributed by atoms with Gasteiger partial charge in [-0.15, -0.1) is 11.3 Å². The Labute approximate surface area is 193 Å². The molecule has 0 unspecified atom stereocenters. The topological polar surface area (TPSA) is 44.1 Å². The van der Waals surface area contributed by atoms with Gasteiger partial charge in [0.05, 0.1) is 34.4 Å². The molecule has 0 fully saturated rings. The zero-order chi connectivity index (χ0) is 23.8. The number of rotatable bonds is 6. The molecule has 0 aliphatic carbocycles. The molecule has 0 aliphatic heterocycles. The average Bonchev–Trinajstić information content (AvgIpc) is 3.37. The maximum absolute atomic E-state index is 13.1. The van der Waals surface area contributed by atoms with Gasteiger partial charge >= 0.3 is 12.1 Å². The third kappa shape index (κ3) is 4.66. The fraction of sp³-hybridized carbons (Fsp3) is 0.280. The number of carbonyl (C=O) groups excluding carboxylic acids is 1. The van der Waals surface area contributed by atoms with E-state index in [1.807, 2.05) is 38.1 Å². The highest BCUT2D eigenvalue weighted by Crippen LogP contribution is 2.35. The van der Waals surface area contributed by atoms with Gasteiger partial charge < -0.3 is 4.74 Å². The molecule has 2 aromatic heterocycles. The molecular formula is C25H23F3N2O2S. The molecule has 0 aliphatic rings. The number of hydrogen-bond acceptors (Lipinski definition) is 4. The summed E-state index contributed by atoms with van der Waals surface area (Å²) in [5.74, 6) is -0.386. The Hall–Kier alpha value is -3.13. The summed E-state index contributed by atoms with van der Waals surface area (Å²) in [5, 5.41) is 5.46. The molecule has 4 aromatic rings. The number of alkyl halides is 3. The highest BCUT2D eigenvalue weighted by Gasteiger charge is 2.30. The second kappa shape index (κ2) is 9.02. The minimum absolute atomic E-state index is 0.0201. The fourth-order valence-electron chi connectivity index (χ4n) is 3.89. The van der Waals surface area contributed by atoms with E-state index in [0.29, 0.717) is 17.5 Å². The molecule has 172 valence electrons. The van der Waals surface area contributed by atoms with Gasteiger partial charge in [0, 0.05) is 11.3 Å². The Morgan fingerprint density at radius 3 is 2.61 bits per heavy atom. The lowest BCUT2D eigenvalue weighted by Crippen LogP contribution is -2.11. The first kappa shape index (κ1) is 23.0. The fourth-order valence-corrected chi connectivity index (χ4v) is 5.08. The van der Waals surface area contributed by atoms with Crippen LogP contribution in [0, 0.1) is 0 Å². The molecule has 4 nitrogen and oxygen atoms in total. The Balaban J connectivity index is 1.75. The number of aromatic nitrogens is 2. The van der Waals surface area contributed by atoms with E-state index >= 15 is 0 Å². The number of hydrogen-bond donors (Lipinski definition) is 0. The SMILES string of the molecule is CCOC(=O)c1cnn(-c2cccc3cc(Cc4cccc(C(F)(F)F)c4)sc23)c1C(C)C. The zero-order valence-electron chi connectivity index (χ0n) is 18.4. The van der Waals surface area contributed by atoms with Crippen LogP contribution < -0.4 is 0 Å². The lowest BCUT2D eigenvalue weighted by Gasteiger charge is -2.13. The van der Waals surface area contributed by atoms with Crippen molar-refractivity contribution >= 4 is 27.4 Å². The van der Waals surface area contributed by atoms with Crippen LogP contribution in [-0.2, 0) is 17.3 Å². The Bertz CT molecular complexity index is 1300. The number of carbonyl (C=O) groups is 1. The van der Waals surface area contributed by atoms with E-state index in [1.54, 1.807) is 17.7 Å². The molecule has 0 spiro atoms. The molecule has 0 bridgehead atoms. The number of nitrogens with zero attached hydrogens (tertiary/aromatic N) is 2. The highest BCUT2D eigenvalue weighted by molar-refractivity contribution is 7.19. The molecule has 8 heteroatoms. The van der Waals surface area contributed by atoms with E-state index in [4.69, 9.17) is 4.74 Å². The molecule has 0 amide bonds. The van der Waals surface area contributed by atoms with Gasteiger partial charge in [0.25, 0.3) is 0 Å². The summed E-state index contributed by atoms with van der Waals surface area (Å²) in [7, 11) is 0. The van der Waals surface area contributed by atoms with E-state index in [1.165, 1.54) is 29.7 Å². The van der Waals surface area contributed by atoms with E-state index in [2.05, 4.69) is 5.10 Å². The molecule has 2 aromatic carbocycles. The molecule has 4 rings (SSSR count). The molecule has 33 heavy (non-hydrogen) atoms. The van der Waals surface area contributed by atoms with Crippen LogP contribution >= 0.6 is 11.3 Å². The van der Waals surface area contributed by atoms with Crippen molar-refractivity contribution in [2.75, 3.05) is 6.61 Å². The van der Waals surface area contributed by atoms with Gasteiger partial charge in [0.1, 0.15) is 5.56 Å². The summed E-state index contributed by atoms with van der Waals surface area (Å²) in [4.78, 5) is 13.4. The molecular weight excluding hydrogens is 449 g/mol. The Kier molecular flexibility index (Phi) is 6.30. The molecule has 0 atom stereocenters. The average molecular weight is 473 g/mol. The number of fused-ring (bicyclic) bond motifs is 1. The van der Waals surface area contributed by atoms with Crippen LogP contribution in [-0.4, -0.2) is 22.4 Å². The van der Waals surface area contributed by atoms with Gasteiger partial charge in [-0.1, -0.05) is 44.2 Å². The third-order valence-electron chi connectivity index (χ3n) is 5.28. The second-order valence-corrected chi connectivity index (χ2v) is 9.15. The van der Waals surface area contributed by atoms with Crippen LogP contribution in [0.15, 0.2) is 54.7 Å². The largest absolute Gasteiger partial charge is 0.462 e. The summed E-state index contributed by atoms with van der Waals surface area (Å²) < 4.78 is 47.2. The second-order valence-electron chi connectivity index (χ2n) is 8.01. The summed E-state index contributed by atoms with van der Waals surface area (Å²) >= 11 is 1.52. The third-order valence-corrected chi connectivity index (χ3v) is 6.46. The first-order chi connectivity index (χ1) is 15.7. The number of ether oxygens (including phenoxy) is 1. The van der Waals surface area contributed by atoms with Crippen LogP contribution in [0.5, 0.6) is 0 Å². The van der Waals surface area contributed by atoms with Crippen molar-refractivity contribution in [2.45, 2.75) is 39.3 Å². The first-order valence-electron chi connectivity index (χ1n) is 10.6. The normalized spacial score (nSPS) is 12.0. The molecule has 0 saturated heterocycles. The van der Waals surface area contributed by atoms with Crippen molar-refractivity contribution in [3.8, 4) is 5.69 Å². The highest BCUT2D eigenvalue weighted by atomic mass is 32.1. The Morgan fingerprint density at radius 2 is 1.91 bits per heavy atom. The van der Waals surface area contributed by atoms with Gasteiger partial charge in [-0.3, -0.25) is 0 Å². The van der Waals surface area contributed by atoms with Gasteiger partial charge in [-0.25, -0.2) is 9.48 Å². The predicted octanol–water partition coefficient (Wildman–Crippen LogP) is 7.00. The van der Waals surface area contributed by atoms with Crippen molar-refractivity contribution < 1.29 is 22.7 Å². The first-order valence-corrected chi connectivity index (χ1v) is 11.4. The maximum Gasteiger partial charge on any atom is 0.416 e. The summed E-state index contributed by atoms with van der Waals surface area (Å²) in [6.07, 6.45) is -2.44. The lowest BCUT2D eigenvalue weighted by molar-refractivity contribution is -0.137. The number of benzene rings is 2. The van der Waals surface area contributed by atoms with Crippen LogP contribution in [0.2, 0.25) is 0 Å². The monoisotopic (exact) mass is 472 g/mol. The van der Waals surface area contributed by atoms with Crippen LogP contribution in [0.4, 0.5) is 13.2 Å². The van der Waals surface area contributed by atoms with Gasteiger partial charge in [0.2, 0.25) is 0 Å². The minimum Gasteiger partial charge on any atom is -0.462 e. The summed E-state index contributed by atoms with van der Waals surface area (Å²) in [5.41, 5.74) is 1.97. The van der Waals surface area contributed by atoms with Crippen molar-refractivity contribution in [2.24, 2.45) is 0 Å². The van der Waals surface area contributed by atoms with E-state index in [-0.39, 0.29) is 12.5 Å². The van der Waals surface area contributed by atoms with Crippen LogP contribution in [0.25, 0.3) is 15.8 Å². The van der Waals surface area contributed by atoms with Gasteiger partial charge in [-0.05, 0) is 42.0 Å². The summed E-state index contributed by atoms with van der Waals surface area (Å²) in [6.45, 7) is 6.02. The molecule has 0 saturated carbocycles.